The summed E-state index contributed by atoms with van der Waals surface area (Å²) in [5.74, 6) is -2.99. The maximum Gasteiger partial charge on any atom is 0.341 e. The predicted octanol–water partition coefficient (Wildman–Crippen LogP) is 3.70. The van der Waals surface area contributed by atoms with Crippen molar-refractivity contribution < 1.29 is 18.3 Å². The van der Waals surface area contributed by atoms with Crippen LogP contribution in [0.1, 0.15) is 43.0 Å². The molecule has 4 heteroatoms. The van der Waals surface area contributed by atoms with Gasteiger partial charge in [-0.05, 0) is 18.6 Å². The molecule has 0 radical (unpaired) electrons. The number of hydrogen-bond acceptors (Lipinski definition) is 2. The van der Waals surface area contributed by atoms with Crippen molar-refractivity contribution in [1.82, 2.24) is 0 Å². The number of esters is 1. The lowest BCUT2D eigenvalue weighted by atomic mass is 10.2. The molecule has 17 heavy (non-hydrogen) atoms. The van der Waals surface area contributed by atoms with Crippen LogP contribution in [0, 0.1) is 11.6 Å². The van der Waals surface area contributed by atoms with Crippen molar-refractivity contribution >= 4 is 5.97 Å². The number of carbonyl (C=O) groups is 1. The molecule has 1 aromatic rings. The van der Waals surface area contributed by atoms with Crippen LogP contribution >= 0.6 is 0 Å². The Kier molecular flexibility index (Phi) is 5.60. The number of unbranched alkanes of at least 4 members (excludes halogenated alkanes) is 3. The first-order valence-electron chi connectivity index (χ1n) is 5.78. The van der Waals surface area contributed by atoms with Gasteiger partial charge in [-0.25, -0.2) is 13.6 Å². The van der Waals surface area contributed by atoms with Gasteiger partial charge in [0.05, 0.1) is 12.2 Å². The monoisotopic (exact) mass is 242 g/mol. The largest absolute Gasteiger partial charge is 0.462 e. The van der Waals surface area contributed by atoms with Gasteiger partial charge in [0, 0.05) is 0 Å². The van der Waals surface area contributed by atoms with Gasteiger partial charge in [0.15, 0.2) is 11.6 Å². The highest BCUT2D eigenvalue weighted by Crippen LogP contribution is 2.12. The quantitative estimate of drug-likeness (QED) is 0.561. The van der Waals surface area contributed by atoms with E-state index in [1.807, 2.05) is 0 Å². The lowest BCUT2D eigenvalue weighted by Gasteiger charge is -2.05. The molecule has 0 heterocycles. The molecule has 0 aliphatic heterocycles. The van der Waals surface area contributed by atoms with E-state index in [1.165, 1.54) is 12.1 Å². The van der Waals surface area contributed by atoms with Crippen LogP contribution in [0.4, 0.5) is 8.78 Å². The number of carbonyl (C=O) groups excluding carboxylic acids is 1. The molecule has 1 rings (SSSR count). The average molecular weight is 242 g/mol. The maximum absolute atomic E-state index is 13.2. The standard InChI is InChI=1S/C13H16F2O2/c1-2-3-4-5-9-17-13(16)10-7-6-8-11(14)12(10)15/h6-8H,2-5,9H2,1H3. The zero-order valence-corrected chi connectivity index (χ0v) is 9.84. The van der Waals surface area contributed by atoms with E-state index in [0.29, 0.717) is 0 Å². The van der Waals surface area contributed by atoms with Gasteiger partial charge < -0.3 is 4.74 Å². The summed E-state index contributed by atoms with van der Waals surface area (Å²) in [4.78, 5) is 11.4. The zero-order valence-electron chi connectivity index (χ0n) is 9.84. The Morgan fingerprint density at radius 2 is 2.00 bits per heavy atom. The third-order valence-electron chi connectivity index (χ3n) is 2.40. The van der Waals surface area contributed by atoms with Crippen molar-refractivity contribution in [2.45, 2.75) is 32.6 Å². The Morgan fingerprint density at radius 1 is 1.24 bits per heavy atom. The van der Waals surface area contributed by atoms with Crippen LogP contribution in [0.2, 0.25) is 0 Å². The first kappa shape index (κ1) is 13.6. The van der Waals surface area contributed by atoms with E-state index in [1.54, 1.807) is 0 Å². The second-order valence-electron chi connectivity index (χ2n) is 3.80. The summed E-state index contributed by atoms with van der Waals surface area (Å²) in [5.41, 5.74) is -0.347. The zero-order chi connectivity index (χ0) is 12.7. The molecule has 1 aromatic carbocycles. The van der Waals surface area contributed by atoms with Gasteiger partial charge >= 0.3 is 5.97 Å². The van der Waals surface area contributed by atoms with Gasteiger partial charge in [-0.15, -0.1) is 0 Å². The van der Waals surface area contributed by atoms with Crippen molar-refractivity contribution in [3.05, 3.63) is 35.4 Å². The van der Waals surface area contributed by atoms with Gasteiger partial charge in [0.2, 0.25) is 0 Å². The number of ether oxygens (including phenoxy) is 1. The fraction of sp³-hybridized carbons (Fsp3) is 0.462. The second-order valence-corrected chi connectivity index (χ2v) is 3.80. The Morgan fingerprint density at radius 3 is 2.71 bits per heavy atom. The highest BCUT2D eigenvalue weighted by atomic mass is 19.2. The molecule has 0 saturated heterocycles. The molecule has 0 aliphatic carbocycles. The second kappa shape index (κ2) is 6.99. The molecular formula is C13H16F2O2. The summed E-state index contributed by atoms with van der Waals surface area (Å²) in [7, 11) is 0. The molecule has 0 amide bonds. The predicted molar refractivity (Wildman–Crippen MR) is 60.8 cm³/mol. The molecule has 0 unspecified atom stereocenters. The first-order valence-corrected chi connectivity index (χ1v) is 5.78. The minimum atomic E-state index is -1.15. The Balaban J connectivity index is 2.44. The van der Waals surface area contributed by atoms with Crippen LogP contribution in [0.15, 0.2) is 18.2 Å². The molecule has 0 saturated carbocycles. The molecule has 0 aliphatic rings. The van der Waals surface area contributed by atoms with E-state index in [-0.39, 0.29) is 12.2 Å². The van der Waals surface area contributed by atoms with E-state index in [2.05, 4.69) is 6.92 Å². The van der Waals surface area contributed by atoms with Crippen LogP contribution < -0.4 is 0 Å². The van der Waals surface area contributed by atoms with Gasteiger partial charge in [0.25, 0.3) is 0 Å². The fourth-order valence-electron chi connectivity index (χ4n) is 1.43. The topological polar surface area (TPSA) is 26.3 Å². The Bertz CT molecular complexity index is 378. The minimum Gasteiger partial charge on any atom is -0.462 e. The number of benzene rings is 1. The van der Waals surface area contributed by atoms with Gasteiger partial charge in [-0.2, -0.15) is 0 Å². The highest BCUT2D eigenvalue weighted by molar-refractivity contribution is 5.89. The summed E-state index contributed by atoms with van der Waals surface area (Å²) in [6.45, 7) is 2.32. The van der Waals surface area contributed by atoms with Crippen LogP contribution in [-0.4, -0.2) is 12.6 Å². The molecule has 0 bridgehead atoms. The molecule has 2 nitrogen and oxygen atoms in total. The maximum atomic E-state index is 13.2. The van der Waals surface area contributed by atoms with Crippen molar-refractivity contribution in [2.75, 3.05) is 6.61 Å². The molecular weight excluding hydrogens is 226 g/mol. The molecule has 0 atom stereocenters. The average Bonchev–Trinajstić information content (AvgIpc) is 2.32. The van der Waals surface area contributed by atoms with Crippen molar-refractivity contribution in [1.29, 1.82) is 0 Å². The summed E-state index contributed by atoms with van der Waals surface area (Å²) in [6, 6.07) is 3.46. The minimum absolute atomic E-state index is 0.245. The summed E-state index contributed by atoms with van der Waals surface area (Å²) in [5, 5.41) is 0. The Hall–Kier alpha value is -1.45. The molecule has 94 valence electrons. The molecule has 0 N–H and O–H groups in total. The van der Waals surface area contributed by atoms with Crippen molar-refractivity contribution in [3.63, 3.8) is 0 Å². The summed E-state index contributed by atoms with van der Waals surface area (Å²) < 4.78 is 30.9. The smallest absolute Gasteiger partial charge is 0.341 e. The van der Waals surface area contributed by atoms with Crippen LogP contribution in [0.25, 0.3) is 0 Å². The number of halogens is 2. The van der Waals surface area contributed by atoms with E-state index >= 15 is 0 Å². The van der Waals surface area contributed by atoms with Gasteiger partial charge in [0.1, 0.15) is 0 Å². The lowest BCUT2D eigenvalue weighted by molar-refractivity contribution is 0.0491. The molecule has 0 aromatic heterocycles. The first-order chi connectivity index (χ1) is 8.16. The van der Waals surface area contributed by atoms with Crippen LogP contribution in [0.3, 0.4) is 0 Å². The summed E-state index contributed by atoms with van der Waals surface area (Å²) >= 11 is 0. The fourth-order valence-corrected chi connectivity index (χ4v) is 1.43. The van der Waals surface area contributed by atoms with E-state index in [4.69, 9.17) is 4.74 Å². The van der Waals surface area contributed by atoms with Gasteiger partial charge in [-0.1, -0.05) is 32.3 Å². The molecule has 0 fully saturated rings. The Labute approximate surface area is 99.6 Å². The number of rotatable bonds is 6. The van der Waals surface area contributed by atoms with E-state index in [9.17, 15) is 13.6 Å². The highest BCUT2D eigenvalue weighted by Gasteiger charge is 2.15. The third-order valence-corrected chi connectivity index (χ3v) is 2.40. The van der Waals surface area contributed by atoms with Gasteiger partial charge in [-0.3, -0.25) is 0 Å². The van der Waals surface area contributed by atoms with E-state index < -0.39 is 17.6 Å². The third kappa shape index (κ3) is 4.13. The van der Waals surface area contributed by atoms with Crippen molar-refractivity contribution in [2.24, 2.45) is 0 Å². The number of hydrogen-bond donors (Lipinski definition) is 0. The normalized spacial score (nSPS) is 10.3. The van der Waals surface area contributed by atoms with Crippen LogP contribution in [0.5, 0.6) is 0 Å². The summed E-state index contributed by atoms with van der Waals surface area (Å²) in [6.07, 6.45) is 3.88. The SMILES string of the molecule is CCCCCCOC(=O)c1cccc(F)c1F. The van der Waals surface area contributed by atoms with E-state index in [0.717, 1.165) is 31.7 Å². The lowest BCUT2D eigenvalue weighted by Crippen LogP contribution is -2.09. The van der Waals surface area contributed by atoms with Crippen molar-refractivity contribution in [3.8, 4) is 0 Å². The van der Waals surface area contributed by atoms with Crippen LogP contribution in [-0.2, 0) is 4.74 Å². The molecule has 0 spiro atoms.